The fourth-order valence-electron chi connectivity index (χ4n) is 1.03. The lowest BCUT2D eigenvalue weighted by molar-refractivity contribution is -0.385. The predicted molar refractivity (Wildman–Crippen MR) is 54.3 cm³/mol. The van der Waals surface area contributed by atoms with Crippen LogP contribution in [0.2, 0.25) is 5.15 Å². The van der Waals surface area contributed by atoms with Crippen molar-refractivity contribution in [3.8, 4) is 0 Å². The van der Waals surface area contributed by atoms with Gasteiger partial charge in [-0.15, -0.1) is 0 Å². The zero-order chi connectivity index (χ0) is 13.9. The van der Waals surface area contributed by atoms with Crippen molar-refractivity contribution in [2.75, 3.05) is 6.54 Å². The Morgan fingerprint density at radius 1 is 1.56 bits per heavy atom. The highest BCUT2D eigenvalue weighted by molar-refractivity contribution is 6.29. The predicted octanol–water partition coefficient (Wildman–Crippen LogP) is 1.94. The molecule has 6 nitrogen and oxygen atoms in total. The van der Waals surface area contributed by atoms with Gasteiger partial charge in [-0.1, -0.05) is 11.6 Å². The molecule has 0 spiro atoms. The van der Waals surface area contributed by atoms with Gasteiger partial charge in [0.2, 0.25) is 0 Å². The summed E-state index contributed by atoms with van der Waals surface area (Å²) in [5.41, 5.74) is -1.30. The van der Waals surface area contributed by atoms with Crippen LogP contribution in [0.3, 0.4) is 0 Å². The first-order valence-corrected chi connectivity index (χ1v) is 4.73. The van der Waals surface area contributed by atoms with Crippen molar-refractivity contribution in [2.45, 2.75) is 6.18 Å². The summed E-state index contributed by atoms with van der Waals surface area (Å²) in [7, 11) is 0. The monoisotopic (exact) mass is 283 g/mol. The van der Waals surface area contributed by atoms with Gasteiger partial charge in [0.15, 0.2) is 0 Å². The van der Waals surface area contributed by atoms with E-state index in [1.165, 1.54) is 5.32 Å². The molecule has 0 atom stereocenters. The number of rotatable bonds is 3. The average Bonchev–Trinajstić information content (AvgIpc) is 2.24. The van der Waals surface area contributed by atoms with E-state index in [1.54, 1.807) is 0 Å². The lowest BCUT2D eigenvalue weighted by Gasteiger charge is -2.08. The molecule has 0 radical (unpaired) electrons. The van der Waals surface area contributed by atoms with E-state index in [4.69, 9.17) is 11.6 Å². The van der Waals surface area contributed by atoms with E-state index < -0.39 is 34.8 Å². The second-order valence-corrected chi connectivity index (χ2v) is 3.47. The highest BCUT2D eigenvalue weighted by Crippen LogP contribution is 2.20. The van der Waals surface area contributed by atoms with Crippen LogP contribution >= 0.6 is 11.6 Å². The lowest BCUT2D eigenvalue weighted by atomic mass is 10.2. The Labute approximate surface area is 103 Å². The number of hydrogen-bond acceptors (Lipinski definition) is 4. The van der Waals surface area contributed by atoms with E-state index in [9.17, 15) is 28.1 Å². The van der Waals surface area contributed by atoms with Gasteiger partial charge in [-0.3, -0.25) is 14.9 Å². The van der Waals surface area contributed by atoms with Gasteiger partial charge in [0.05, 0.1) is 4.92 Å². The van der Waals surface area contributed by atoms with Crippen molar-refractivity contribution < 1.29 is 22.9 Å². The molecule has 0 saturated heterocycles. The number of carbonyl (C=O) groups is 1. The molecule has 98 valence electrons. The van der Waals surface area contributed by atoms with Crippen molar-refractivity contribution in [1.82, 2.24) is 10.3 Å². The zero-order valence-corrected chi connectivity index (χ0v) is 9.25. The Morgan fingerprint density at radius 3 is 2.67 bits per heavy atom. The first-order chi connectivity index (χ1) is 8.20. The van der Waals surface area contributed by atoms with Gasteiger partial charge in [-0.25, -0.2) is 4.98 Å². The topological polar surface area (TPSA) is 85.1 Å². The molecule has 1 aromatic rings. The first-order valence-electron chi connectivity index (χ1n) is 4.35. The number of pyridine rings is 1. The Morgan fingerprint density at radius 2 is 2.17 bits per heavy atom. The van der Waals surface area contributed by atoms with Crippen LogP contribution in [-0.2, 0) is 0 Å². The molecule has 0 fully saturated rings. The minimum absolute atomic E-state index is 0.238. The normalized spacial score (nSPS) is 11.1. The zero-order valence-electron chi connectivity index (χ0n) is 8.49. The molecule has 0 aliphatic heterocycles. The molecule has 0 bridgehead atoms. The molecule has 1 rings (SSSR count). The maximum atomic E-state index is 11.9. The number of alkyl halides is 3. The number of nitrogens with one attached hydrogen (secondary N) is 1. The number of carbonyl (C=O) groups excluding carboxylic acids is 1. The minimum atomic E-state index is -4.61. The molecular weight excluding hydrogens is 279 g/mol. The second-order valence-electron chi connectivity index (χ2n) is 3.08. The van der Waals surface area contributed by atoms with E-state index >= 15 is 0 Å². The van der Waals surface area contributed by atoms with Gasteiger partial charge < -0.3 is 5.32 Å². The molecular formula is C8H5ClF3N3O3. The van der Waals surface area contributed by atoms with Crippen LogP contribution in [0.5, 0.6) is 0 Å². The first kappa shape index (κ1) is 14.2. The van der Waals surface area contributed by atoms with Crippen LogP contribution in [0.4, 0.5) is 18.9 Å². The van der Waals surface area contributed by atoms with Gasteiger partial charge >= 0.3 is 6.18 Å². The fourth-order valence-corrected chi connectivity index (χ4v) is 1.18. The van der Waals surface area contributed by atoms with E-state index in [0.29, 0.717) is 6.20 Å². The highest BCUT2D eigenvalue weighted by atomic mass is 35.5. The summed E-state index contributed by atoms with van der Waals surface area (Å²) in [6, 6.07) is 0.825. The third-order valence-corrected chi connectivity index (χ3v) is 1.95. The number of halogens is 4. The molecule has 18 heavy (non-hydrogen) atoms. The Hall–Kier alpha value is -1.90. The molecule has 1 amide bonds. The third kappa shape index (κ3) is 3.84. The van der Waals surface area contributed by atoms with Gasteiger partial charge in [0.25, 0.3) is 11.6 Å². The lowest BCUT2D eigenvalue weighted by Crippen LogP contribution is -2.34. The Kier molecular flexibility index (Phi) is 4.07. The van der Waals surface area contributed by atoms with Crippen LogP contribution in [0, 0.1) is 10.1 Å². The van der Waals surface area contributed by atoms with Gasteiger partial charge in [-0.05, 0) is 6.07 Å². The van der Waals surface area contributed by atoms with Gasteiger partial charge in [0.1, 0.15) is 23.5 Å². The molecule has 0 aliphatic rings. The molecule has 1 heterocycles. The SMILES string of the molecule is O=C(NCC(F)(F)F)c1cc(Cl)ncc1[N+](=O)[O-]. The minimum Gasteiger partial charge on any atom is -0.343 e. The highest BCUT2D eigenvalue weighted by Gasteiger charge is 2.29. The molecule has 0 aromatic carbocycles. The number of aromatic nitrogens is 1. The molecule has 1 N–H and O–H groups in total. The number of hydrogen-bond donors (Lipinski definition) is 1. The molecule has 0 saturated carbocycles. The largest absolute Gasteiger partial charge is 0.405 e. The van der Waals surface area contributed by atoms with E-state index in [0.717, 1.165) is 6.07 Å². The van der Waals surface area contributed by atoms with Crippen molar-refractivity contribution in [3.05, 3.63) is 33.1 Å². The van der Waals surface area contributed by atoms with Crippen molar-refractivity contribution in [3.63, 3.8) is 0 Å². The van der Waals surface area contributed by atoms with Crippen LogP contribution < -0.4 is 5.32 Å². The summed E-state index contributed by atoms with van der Waals surface area (Å²) < 4.78 is 35.6. The van der Waals surface area contributed by atoms with Gasteiger partial charge in [-0.2, -0.15) is 13.2 Å². The van der Waals surface area contributed by atoms with Crippen LogP contribution in [0.15, 0.2) is 12.3 Å². The quantitative estimate of drug-likeness (QED) is 0.522. The third-order valence-electron chi connectivity index (χ3n) is 1.74. The van der Waals surface area contributed by atoms with Gasteiger partial charge in [0, 0.05) is 0 Å². The summed E-state index contributed by atoms with van der Waals surface area (Å²) in [6.07, 6.45) is -3.91. The summed E-state index contributed by atoms with van der Waals surface area (Å²) in [4.78, 5) is 24.4. The number of amides is 1. The molecule has 0 aliphatic carbocycles. The Balaban J connectivity index is 2.97. The molecule has 0 unspecified atom stereocenters. The second kappa shape index (κ2) is 5.17. The van der Waals surface area contributed by atoms with Crippen LogP contribution in [-0.4, -0.2) is 28.5 Å². The summed E-state index contributed by atoms with van der Waals surface area (Å²) >= 11 is 5.42. The van der Waals surface area contributed by atoms with Crippen LogP contribution in [0.25, 0.3) is 0 Å². The van der Waals surface area contributed by atoms with Crippen molar-refractivity contribution in [1.29, 1.82) is 0 Å². The fraction of sp³-hybridized carbons (Fsp3) is 0.250. The molecule has 1 aromatic heterocycles. The number of nitrogens with zero attached hydrogens (tertiary/aromatic N) is 2. The Bertz CT molecular complexity index is 492. The number of nitro groups is 1. The van der Waals surface area contributed by atoms with E-state index in [-0.39, 0.29) is 5.15 Å². The summed E-state index contributed by atoms with van der Waals surface area (Å²) in [6.45, 7) is -1.59. The van der Waals surface area contributed by atoms with Crippen LogP contribution in [0.1, 0.15) is 10.4 Å². The summed E-state index contributed by atoms with van der Waals surface area (Å²) in [5, 5.41) is 11.8. The maximum Gasteiger partial charge on any atom is 0.405 e. The smallest absolute Gasteiger partial charge is 0.343 e. The van der Waals surface area contributed by atoms with E-state index in [1.807, 2.05) is 0 Å². The maximum absolute atomic E-state index is 11.9. The average molecular weight is 284 g/mol. The molecule has 10 heteroatoms. The van der Waals surface area contributed by atoms with Crippen molar-refractivity contribution in [2.24, 2.45) is 0 Å². The summed E-state index contributed by atoms with van der Waals surface area (Å²) in [5.74, 6) is -1.25. The van der Waals surface area contributed by atoms with Crippen molar-refractivity contribution >= 4 is 23.2 Å². The standard InChI is InChI=1S/C8H5ClF3N3O3/c9-6-1-4(5(2-13-6)15(17)18)7(16)14-3-8(10,11)12/h1-2H,3H2,(H,14,16). The van der Waals surface area contributed by atoms with E-state index in [2.05, 4.69) is 4.98 Å².